The van der Waals surface area contributed by atoms with Gasteiger partial charge in [-0.1, -0.05) is 37.7 Å². The lowest BCUT2D eigenvalue weighted by atomic mass is 10.0. The molecule has 0 bridgehead atoms. The van der Waals surface area contributed by atoms with Crippen LogP contribution in [0, 0.1) is 11.5 Å². The number of benzene rings is 1. The predicted molar refractivity (Wildman–Crippen MR) is 227 cm³/mol. The molecule has 21 nitrogen and oxygen atoms in total. The Bertz CT molecular complexity index is 1630. The maximum absolute atomic E-state index is 13.7. The monoisotopic (exact) mass is 847 g/mol. The van der Waals surface area contributed by atoms with Gasteiger partial charge in [0.2, 0.25) is 35.4 Å². The lowest BCUT2D eigenvalue weighted by molar-refractivity contribution is -0.133. The molecular weight excluding hydrogens is 781 g/mol. The highest BCUT2D eigenvalue weighted by Crippen LogP contribution is 2.10. The Kier molecular flexibility index (Phi) is 23.9. The average Bonchev–Trinajstić information content (AvgIpc) is 3.21. The number of nitrogens with one attached hydrogen (secondary N) is 6. The smallest absolute Gasteiger partial charge is 0.245 e. The minimum Gasteiger partial charge on any atom is -0.354 e. The number of carbonyl (C=O) groups is 7. The Morgan fingerprint density at radius 3 is 1.63 bits per heavy atom. The first-order chi connectivity index (χ1) is 27.8. The summed E-state index contributed by atoms with van der Waals surface area (Å²) in [5, 5.41) is 15.1. The van der Waals surface area contributed by atoms with Crippen LogP contribution in [0.1, 0.15) is 36.8 Å². The Hall–Kier alpha value is -4.83. The van der Waals surface area contributed by atoms with Gasteiger partial charge in [0.1, 0.15) is 26.2 Å². The van der Waals surface area contributed by atoms with E-state index < -0.39 is 111 Å². The normalized spacial score (nSPS) is 14.7. The molecule has 0 aromatic heterocycles. The van der Waals surface area contributed by atoms with Crippen molar-refractivity contribution in [3.05, 3.63) is 35.4 Å². The molecule has 0 saturated heterocycles. The number of nitrogens with two attached hydrogens (primary N) is 8. The van der Waals surface area contributed by atoms with Gasteiger partial charge >= 0.3 is 0 Å². The molecule has 7 atom stereocenters. The lowest BCUT2D eigenvalue weighted by Gasteiger charge is -2.25. The van der Waals surface area contributed by atoms with Crippen LogP contribution in [0.25, 0.3) is 0 Å². The summed E-state index contributed by atoms with van der Waals surface area (Å²) in [5.74, 6) is -1.97. The third-order valence-electron chi connectivity index (χ3n) is 8.67. The number of aryl methyl sites for hydroxylation is 1. The number of hydrogen-bond donors (Lipinski definition) is 14. The quantitative estimate of drug-likeness (QED) is 0.0234. The minimum atomic E-state index is -1.55. The molecule has 6 amide bonds. The van der Waals surface area contributed by atoms with E-state index in [9.17, 15) is 33.6 Å². The summed E-state index contributed by atoms with van der Waals surface area (Å²) in [4.78, 5) is 90.9. The van der Waals surface area contributed by atoms with E-state index in [2.05, 4.69) is 63.0 Å². The van der Waals surface area contributed by atoms with Crippen molar-refractivity contribution in [1.82, 2.24) is 31.9 Å². The molecule has 1 rings (SSSR count). The fraction of sp³-hybridized carbons (Fsp3) is 0.595. The summed E-state index contributed by atoms with van der Waals surface area (Å²) >= 11 is 0. The summed E-state index contributed by atoms with van der Waals surface area (Å²) in [5.41, 5.74) is 50.2. The third-order valence-corrected chi connectivity index (χ3v) is 9.55. The molecule has 59 heavy (non-hydrogen) atoms. The Morgan fingerprint density at radius 2 is 1.10 bits per heavy atom. The van der Waals surface area contributed by atoms with Gasteiger partial charge < -0.3 is 77.8 Å². The van der Waals surface area contributed by atoms with Gasteiger partial charge in [-0.05, 0) is 43.4 Å². The van der Waals surface area contributed by atoms with E-state index in [4.69, 9.17) is 45.9 Å². The van der Waals surface area contributed by atoms with Crippen LogP contribution in [-0.4, -0.2) is 137 Å². The topological polar surface area (TPSA) is 400 Å². The zero-order chi connectivity index (χ0) is 44.7. The highest BCUT2D eigenvalue weighted by molar-refractivity contribution is 6.83. The van der Waals surface area contributed by atoms with E-state index >= 15 is 0 Å². The summed E-state index contributed by atoms with van der Waals surface area (Å²) in [7, 11) is -1.55. The largest absolute Gasteiger partial charge is 0.354 e. The lowest BCUT2D eigenvalue weighted by Crippen LogP contribution is -2.60. The molecule has 0 aliphatic rings. The van der Waals surface area contributed by atoms with Crippen molar-refractivity contribution in [2.45, 2.75) is 94.0 Å². The first-order valence-electron chi connectivity index (χ1n) is 19.5. The molecule has 0 fully saturated rings. The van der Waals surface area contributed by atoms with Crippen molar-refractivity contribution in [2.24, 2.45) is 45.9 Å². The second-order valence-electron chi connectivity index (χ2n) is 15.0. The van der Waals surface area contributed by atoms with E-state index in [1.165, 1.54) is 0 Å². The third kappa shape index (κ3) is 20.6. The summed E-state index contributed by atoms with van der Waals surface area (Å²) in [6, 6.07) is -0.809. The molecule has 0 radical (unpaired) electrons. The summed E-state index contributed by atoms with van der Waals surface area (Å²) in [6.45, 7) is 4.95. The Morgan fingerprint density at radius 1 is 0.610 bits per heavy atom. The fourth-order valence-electron chi connectivity index (χ4n) is 4.96. The van der Waals surface area contributed by atoms with Gasteiger partial charge in [0.15, 0.2) is 5.78 Å². The van der Waals surface area contributed by atoms with Crippen molar-refractivity contribution in [2.75, 3.05) is 45.8 Å². The number of unbranched alkanes of at least 4 members (excludes halogenated alkanes) is 1. The number of Topliss-reactive ketones (excluding diaryl/α,β-unsaturated/α-hetero) is 1. The van der Waals surface area contributed by atoms with Gasteiger partial charge in [0, 0.05) is 57.8 Å². The van der Waals surface area contributed by atoms with Crippen LogP contribution < -0.4 is 77.8 Å². The van der Waals surface area contributed by atoms with Gasteiger partial charge in [-0.25, -0.2) is 0 Å². The molecule has 1 aromatic rings. The van der Waals surface area contributed by atoms with Gasteiger partial charge in [0.25, 0.3) is 0 Å². The molecule has 0 aliphatic heterocycles. The first kappa shape index (κ1) is 52.2. The van der Waals surface area contributed by atoms with Gasteiger partial charge in [-0.2, -0.15) is 0 Å². The van der Waals surface area contributed by atoms with E-state index in [0.717, 1.165) is 11.1 Å². The number of amides is 6. The van der Waals surface area contributed by atoms with Crippen LogP contribution in [0.4, 0.5) is 0 Å². The van der Waals surface area contributed by atoms with E-state index in [-0.39, 0.29) is 39.1 Å². The number of rotatable bonds is 26. The summed E-state index contributed by atoms with van der Waals surface area (Å²) in [6.07, 6.45) is 1.26. The van der Waals surface area contributed by atoms with Crippen LogP contribution in [0.15, 0.2) is 24.3 Å². The van der Waals surface area contributed by atoms with E-state index in [1.807, 2.05) is 24.3 Å². The molecule has 330 valence electrons. The Labute approximate surface area is 346 Å². The van der Waals surface area contributed by atoms with Crippen LogP contribution in [0.2, 0.25) is 19.6 Å². The molecule has 0 saturated carbocycles. The van der Waals surface area contributed by atoms with E-state index in [0.29, 0.717) is 19.3 Å². The van der Waals surface area contributed by atoms with Crippen LogP contribution in [0.3, 0.4) is 0 Å². The highest BCUT2D eigenvalue weighted by atomic mass is 28.3. The van der Waals surface area contributed by atoms with Crippen LogP contribution in [-0.2, 0) is 40.0 Å². The van der Waals surface area contributed by atoms with Crippen molar-refractivity contribution < 1.29 is 33.6 Å². The zero-order valence-corrected chi connectivity index (χ0v) is 35.3. The van der Waals surface area contributed by atoms with E-state index in [1.54, 1.807) is 0 Å². The average molecular weight is 847 g/mol. The van der Waals surface area contributed by atoms with Crippen molar-refractivity contribution >= 4 is 49.3 Å². The maximum Gasteiger partial charge on any atom is 0.245 e. The predicted octanol–water partition coefficient (Wildman–Crippen LogP) is -6.47. The van der Waals surface area contributed by atoms with Gasteiger partial charge in [-0.3, -0.25) is 33.6 Å². The summed E-state index contributed by atoms with van der Waals surface area (Å²) < 4.78 is 0. The zero-order valence-electron chi connectivity index (χ0n) is 34.3. The van der Waals surface area contributed by atoms with Crippen molar-refractivity contribution in [1.29, 1.82) is 0 Å². The first-order valence-corrected chi connectivity index (χ1v) is 23.0. The maximum atomic E-state index is 13.7. The van der Waals surface area contributed by atoms with Crippen molar-refractivity contribution in [3.8, 4) is 11.5 Å². The number of carbonyl (C=O) groups excluding carboxylic acids is 7. The molecular formula is C37H66N14O7Si. The molecule has 22 heteroatoms. The van der Waals surface area contributed by atoms with Crippen LogP contribution >= 0.6 is 0 Å². The fourth-order valence-corrected chi connectivity index (χ4v) is 5.48. The number of ketones is 1. The molecule has 0 spiro atoms. The molecule has 0 heterocycles. The number of hydrogen-bond acceptors (Lipinski definition) is 15. The van der Waals surface area contributed by atoms with Gasteiger partial charge in [-0.15, -0.1) is 5.54 Å². The molecule has 7 unspecified atom stereocenters. The SMILES string of the molecule is C[Si](C)(C)C#Cc1cccc(CCCCNC(=O)C(CCC(=O)C(CNC(=O)C(N)CN)NC(=O)C(N)CN)NC(=O)C(CNC(=O)C(N)CN)NC(=O)C(N)CN)c1. The molecule has 1 aromatic carbocycles. The van der Waals surface area contributed by atoms with Crippen LogP contribution in [0.5, 0.6) is 0 Å². The standard InChI is InChI=1S/C37H66N14O7Si/c1-59(2,3)14-12-23-9-6-8-22(15-23)7-4-5-13-46-36(57)28(49-37(58)30(51-35(56)27(45)19-41)21-48-33(54)25(43)17-39)10-11-31(52)29(50-34(55)26(44)18-40)20-47-32(53)24(42)16-38/h6,8-9,15,24-30H,4-5,7,10-11,13,16-21,38-45H2,1-3H3,(H,46,57)(H,47,53)(H,48,54)(H,49,58)(H,50,55)(H,51,56). The Balaban J connectivity index is 3.27. The molecule has 22 N–H and O–H groups in total. The van der Waals surface area contributed by atoms with Gasteiger partial charge in [0.05, 0.1) is 24.2 Å². The molecule has 0 aliphatic carbocycles. The second kappa shape index (κ2) is 27.0. The highest BCUT2D eigenvalue weighted by Gasteiger charge is 2.31. The minimum absolute atomic E-state index is 0.185. The van der Waals surface area contributed by atoms with Crippen molar-refractivity contribution in [3.63, 3.8) is 0 Å². The second-order valence-corrected chi connectivity index (χ2v) is 19.7.